The highest BCUT2D eigenvalue weighted by molar-refractivity contribution is 7.90. The molecular formula is C34H31N9O4S. The van der Waals surface area contributed by atoms with Crippen molar-refractivity contribution in [3.05, 3.63) is 118 Å². The number of anilines is 1. The monoisotopic (exact) mass is 661 g/mol. The number of amides is 1. The number of para-hydroxylation sites is 1. The van der Waals surface area contributed by atoms with E-state index >= 15 is 0 Å². The molecule has 1 unspecified atom stereocenters. The highest BCUT2D eigenvalue weighted by Crippen LogP contribution is 2.26. The van der Waals surface area contributed by atoms with Gasteiger partial charge in [-0.2, -0.15) is 17.8 Å². The summed E-state index contributed by atoms with van der Waals surface area (Å²) in [6.07, 6.45) is 8.05. The predicted molar refractivity (Wildman–Crippen MR) is 181 cm³/mol. The molecule has 2 N–H and O–H groups in total. The van der Waals surface area contributed by atoms with Crippen LogP contribution in [0.25, 0.3) is 22.1 Å². The van der Waals surface area contributed by atoms with E-state index in [0.717, 1.165) is 18.4 Å². The number of hydrogen-bond donors (Lipinski definition) is 2. The van der Waals surface area contributed by atoms with Crippen molar-refractivity contribution in [2.45, 2.75) is 25.8 Å². The Bertz CT molecular complexity index is 2420. The second-order valence-corrected chi connectivity index (χ2v) is 13.2. The molecule has 0 saturated carbocycles. The number of nitrogens with zero attached hydrogens (tertiary/aromatic N) is 7. The minimum atomic E-state index is -3.96. The maximum atomic E-state index is 14.4. The number of carbonyl (C=O) groups excluding carboxylic acids is 1. The third-order valence-electron chi connectivity index (χ3n) is 8.18. The summed E-state index contributed by atoms with van der Waals surface area (Å²) in [7, 11) is -2.15. The summed E-state index contributed by atoms with van der Waals surface area (Å²) in [5.41, 5.74) is 2.23. The van der Waals surface area contributed by atoms with E-state index in [1.807, 2.05) is 55.6 Å². The Balaban J connectivity index is 1.30. The number of aromatic nitrogens is 6. The molecule has 7 rings (SSSR count). The van der Waals surface area contributed by atoms with Gasteiger partial charge in [-0.1, -0.05) is 42.2 Å². The number of aryl methyl sites for hydroxylation is 1. The molecule has 2 aromatic carbocycles. The first kappa shape index (κ1) is 30.9. The van der Waals surface area contributed by atoms with Gasteiger partial charge in [0.1, 0.15) is 5.56 Å². The Morgan fingerprint density at radius 2 is 1.81 bits per heavy atom. The molecule has 4 aromatic heterocycles. The fourth-order valence-electron chi connectivity index (χ4n) is 5.90. The van der Waals surface area contributed by atoms with Crippen molar-refractivity contribution in [3.8, 4) is 17.5 Å². The molecule has 0 radical (unpaired) electrons. The third kappa shape index (κ3) is 5.81. The molecular weight excluding hydrogens is 631 g/mol. The lowest BCUT2D eigenvalue weighted by Crippen LogP contribution is -2.35. The zero-order valence-electron chi connectivity index (χ0n) is 26.2. The van der Waals surface area contributed by atoms with Crippen LogP contribution in [0.4, 0.5) is 5.82 Å². The van der Waals surface area contributed by atoms with Gasteiger partial charge in [-0.25, -0.2) is 9.50 Å². The molecule has 1 aliphatic rings. The van der Waals surface area contributed by atoms with Gasteiger partial charge in [0.2, 0.25) is 0 Å². The molecule has 1 fully saturated rings. The smallest absolute Gasteiger partial charge is 0.302 e. The predicted octanol–water partition coefficient (Wildman–Crippen LogP) is 3.41. The summed E-state index contributed by atoms with van der Waals surface area (Å²) in [5, 5.41) is 12.6. The van der Waals surface area contributed by atoms with Crippen molar-refractivity contribution in [1.82, 2.24) is 38.6 Å². The van der Waals surface area contributed by atoms with Crippen LogP contribution in [-0.2, 0) is 17.3 Å². The van der Waals surface area contributed by atoms with Gasteiger partial charge < -0.3 is 5.32 Å². The van der Waals surface area contributed by atoms with Crippen LogP contribution in [0.3, 0.4) is 0 Å². The Morgan fingerprint density at radius 3 is 2.56 bits per heavy atom. The van der Waals surface area contributed by atoms with Gasteiger partial charge in [0.05, 0.1) is 23.2 Å². The van der Waals surface area contributed by atoms with Crippen molar-refractivity contribution in [3.63, 3.8) is 0 Å². The average Bonchev–Trinajstić information content (AvgIpc) is 3.84. The quantitative estimate of drug-likeness (QED) is 0.249. The summed E-state index contributed by atoms with van der Waals surface area (Å²) in [4.78, 5) is 32.7. The molecule has 13 nitrogen and oxygen atoms in total. The Kier molecular flexibility index (Phi) is 7.99. The summed E-state index contributed by atoms with van der Waals surface area (Å²) in [6, 6.07) is 17.4. The van der Waals surface area contributed by atoms with Crippen LogP contribution in [0.15, 0.2) is 90.2 Å². The normalized spacial score (nSPS) is 14.1. The average molecular weight is 662 g/mol. The standard InChI is InChI=1S/C34H31N9O4S/c1-23(37-33(44)30-31(38-42-19-9-16-35-32(30)42)39-48(46,47)41-17-6-7-18-41)28-20-26-11-8-10-25(15-14-24-21-36-40(2)22-24)29(26)34(45)43(28)27-12-4-3-5-13-27/h3-5,8-13,16,19-23H,6-7,17-18H2,1-2H3,(H,37,44)(H,38,39). The van der Waals surface area contributed by atoms with Crippen LogP contribution >= 0.6 is 0 Å². The molecule has 1 saturated heterocycles. The minimum Gasteiger partial charge on any atom is -0.344 e. The summed E-state index contributed by atoms with van der Waals surface area (Å²) < 4.78 is 34.8. The molecule has 6 aromatic rings. The van der Waals surface area contributed by atoms with Crippen LogP contribution in [0.5, 0.6) is 0 Å². The molecule has 1 amide bonds. The maximum Gasteiger partial charge on any atom is 0.302 e. The summed E-state index contributed by atoms with van der Waals surface area (Å²) in [5.74, 6) is 5.47. The summed E-state index contributed by atoms with van der Waals surface area (Å²) in [6.45, 7) is 2.53. The molecule has 48 heavy (non-hydrogen) atoms. The zero-order valence-corrected chi connectivity index (χ0v) is 27.0. The van der Waals surface area contributed by atoms with Crippen molar-refractivity contribution in [2.75, 3.05) is 17.8 Å². The van der Waals surface area contributed by atoms with Gasteiger partial charge in [-0.3, -0.25) is 23.6 Å². The number of fused-ring (bicyclic) bond motifs is 2. The maximum absolute atomic E-state index is 14.4. The van der Waals surface area contributed by atoms with Gasteiger partial charge in [0.25, 0.3) is 11.5 Å². The van der Waals surface area contributed by atoms with Crippen molar-refractivity contribution >= 4 is 38.4 Å². The fourth-order valence-corrected chi connectivity index (χ4v) is 7.15. The van der Waals surface area contributed by atoms with E-state index in [1.54, 1.807) is 46.9 Å². The number of pyridine rings is 1. The molecule has 1 atom stereocenters. The van der Waals surface area contributed by atoms with Crippen LogP contribution in [-0.4, -0.2) is 60.7 Å². The first-order chi connectivity index (χ1) is 23.2. The van der Waals surface area contributed by atoms with E-state index in [9.17, 15) is 18.0 Å². The van der Waals surface area contributed by atoms with Crippen LogP contribution in [0.1, 0.15) is 53.0 Å². The number of benzene rings is 2. The van der Waals surface area contributed by atoms with Gasteiger partial charge >= 0.3 is 10.2 Å². The minimum absolute atomic E-state index is 0.0346. The SMILES string of the molecule is CC(NC(=O)c1c(NS(=O)(=O)N2CCCC2)nn2cccnc12)c1cc2cccc(C#Cc3cnn(C)c3)c2c(=O)n1-c1ccccc1. The fraction of sp³-hybridized carbons (Fsp3) is 0.206. The second-order valence-electron chi connectivity index (χ2n) is 11.5. The van der Waals surface area contributed by atoms with Crippen molar-refractivity contribution in [1.29, 1.82) is 0 Å². The van der Waals surface area contributed by atoms with Crippen LogP contribution < -0.4 is 15.6 Å². The van der Waals surface area contributed by atoms with E-state index in [2.05, 4.69) is 37.1 Å². The van der Waals surface area contributed by atoms with Crippen LogP contribution in [0.2, 0.25) is 0 Å². The summed E-state index contributed by atoms with van der Waals surface area (Å²) >= 11 is 0. The third-order valence-corrected chi connectivity index (χ3v) is 9.68. The van der Waals surface area contributed by atoms with Gasteiger partial charge in [-0.15, -0.1) is 5.10 Å². The van der Waals surface area contributed by atoms with Crippen molar-refractivity contribution in [2.24, 2.45) is 7.05 Å². The van der Waals surface area contributed by atoms with E-state index in [1.165, 1.54) is 15.0 Å². The number of hydrogen-bond acceptors (Lipinski definition) is 7. The largest absolute Gasteiger partial charge is 0.344 e. The van der Waals surface area contributed by atoms with E-state index in [4.69, 9.17) is 0 Å². The lowest BCUT2D eigenvalue weighted by molar-refractivity contribution is 0.0941. The molecule has 0 spiro atoms. The van der Waals surface area contributed by atoms with Crippen LogP contribution in [0, 0.1) is 11.8 Å². The van der Waals surface area contributed by atoms with E-state index in [0.29, 0.717) is 40.8 Å². The second kappa shape index (κ2) is 12.4. The Hall–Kier alpha value is -5.78. The molecule has 0 aliphatic carbocycles. The van der Waals surface area contributed by atoms with E-state index < -0.39 is 22.2 Å². The number of rotatable bonds is 7. The highest BCUT2D eigenvalue weighted by atomic mass is 32.2. The zero-order chi connectivity index (χ0) is 33.4. The number of carbonyl (C=O) groups is 1. The first-order valence-corrected chi connectivity index (χ1v) is 16.8. The number of nitrogens with one attached hydrogen (secondary N) is 2. The lowest BCUT2D eigenvalue weighted by Gasteiger charge is -2.21. The molecule has 0 bridgehead atoms. The first-order valence-electron chi connectivity index (χ1n) is 15.4. The molecule has 5 heterocycles. The highest BCUT2D eigenvalue weighted by Gasteiger charge is 2.31. The Labute approximate surface area is 276 Å². The lowest BCUT2D eigenvalue weighted by atomic mass is 10.0. The topological polar surface area (TPSA) is 149 Å². The molecule has 14 heteroatoms. The Morgan fingerprint density at radius 1 is 1.02 bits per heavy atom. The molecule has 242 valence electrons. The van der Waals surface area contributed by atoms with E-state index in [-0.39, 0.29) is 22.6 Å². The molecule has 1 aliphatic heterocycles. The van der Waals surface area contributed by atoms with Crippen molar-refractivity contribution < 1.29 is 13.2 Å². The van der Waals surface area contributed by atoms with Gasteiger partial charge in [0, 0.05) is 55.7 Å². The van der Waals surface area contributed by atoms with Gasteiger partial charge in [0.15, 0.2) is 11.5 Å². The van der Waals surface area contributed by atoms with Gasteiger partial charge in [-0.05, 0) is 55.5 Å².